The van der Waals surface area contributed by atoms with Gasteiger partial charge in [-0.1, -0.05) is 38.5 Å². The number of nitrogens with zero attached hydrogens (tertiary/aromatic N) is 1. The van der Waals surface area contributed by atoms with Crippen molar-refractivity contribution in [3.05, 3.63) is 24.1 Å². The molecule has 18 heteroatoms. The molecule has 0 radical (unpaired) electrons. The third kappa shape index (κ3) is 11.8. The van der Waals surface area contributed by atoms with Crippen LogP contribution in [-0.4, -0.2) is 126 Å². The Kier molecular flexibility index (Phi) is 16.3. The Morgan fingerprint density at radius 2 is 1.75 bits per heavy atom. The molecule has 0 aromatic heterocycles. The second-order valence-corrected chi connectivity index (χ2v) is 13.9. The van der Waals surface area contributed by atoms with Crippen molar-refractivity contribution in [2.45, 2.75) is 145 Å². The number of amides is 4. The largest absolute Gasteiger partial charge is 0.456 e. The van der Waals surface area contributed by atoms with Gasteiger partial charge in [0.1, 0.15) is 30.5 Å². The highest BCUT2D eigenvalue weighted by atomic mass is 16.7. The van der Waals surface area contributed by atoms with Gasteiger partial charge >= 0.3 is 5.97 Å². The molecule has 53 heavy (non-hydrogen) atoms. The zero-order valence-electron chi connectivity index (χ0n) is 30.5. The molecule has 2 fully saturated rings. The first-order valence-electron chi connectivity index (χ1n) is 18.5. The van der Waals surface area contributed by atoms with Crippen LogP contribution in [0.25, 0.3) is 0 Å². The molecule has 0 spiro atoms. The Bertz CT molecular complexity index is 1330. The summed E-state index contributed by atoms with van der Waals surface area (Å²) in [5.41, 5.74) is 11.3. The zero-order chi connectivity index (χ0) is 38.5. The Balaban J connectivity index is 1.44. The fourth-order valence-corrected chi connectivity index (χ4v) is 6.75. The van der Waals surface area contributed by atoms with E-state index < -0.39 is 78.7 Å². The lowest BCUT2D eigenvalue weighted by Crippen LogP contribution is -2.54. The fraction of sp³-hybridized carbons (Fsp3) is 0.743. The molecule has 4 aliphatic heterocycles. The first kappa shape index (κ1) is 41.9. The zero-order valence-corrected chi connectivity index (χ0v) is 30.5. The van der Waals surface area contributed by atoms with Gasteiger partial charge in [-0.05, 0) is 51.6 Å². The molecule has 0 bridgehead atoms. The lowest BCUT2D eigenvalue weighted by molar-refractivity contribution is -0.241. The Hall–Kier alpha value is -3.81. The number of nitrogens with one attached hydrogen (secondary N) is 3. The number of ether oxygens (including phenoxy) is 5. The molecule has 2 saturated heterocycles. The predicted molar refractivity (Wildman–Crippen MR) is 186 cm³/mol. The quantitative estimate of drug-likeness (QED) is 0.0618. The Morgan fingerprint density at radius 3 is 2.40 bits per heavy atom. The van der Waals surface area contributed by atoms with Gasteiger partial charge in [-0.3, -0.25) is 24.0 Å². The fourth-order valence-electron chi connectivity index (χ4n) is 6.75. The maximum absolute atomic E-state index is 13.2. The van der Waals surface area contributed by atoms with Crippen LogP contribution in [0.3, 0.4) is 0 Å². The van der Waals surface area contributed by atoms with Gasteiger partial charge in [-0.15, -0.1) is 0 Å². The van der Waals surface area contributed by atoms with Crippen molar-refractivity contribution in [3.8, 4) is 0 Å². The molecule has 9 N–H and O–H groups in total. The molecule has 4 amide bonds. The summed E-state index contributed by atoms with van der Waals surface area (Å²) in [7, 11) is 1.31. The van der Waals surface area contributed by atoms with Crippen LogP contribution in [0, 0.1) is 0 Å². The summed E-state index contributed by atoms with van der Waals surface area (Å²) in [6, 6.07) is -0.928. The number of methoxy groups -OCH3 is 1. The SMILES string of the molecule is CO[C@H]1[C@@H](OC(=O)CCCCCCCCCCN)[C@H](N2C=CC(=O)NC2)O[C@@H]1[C@@H](O[C@H]1OC(C(=O)NC2CCC[C@@H](C)NC2=O)=C[C@H](O)[C@@H]1O)C(N)=O. The number of primary amides is 1. The molecule has 1 unspecified atom stereocenters. The van der Waals surface area contributed by atoms with Crippen LogP contribution in [-0.2, 0) is 47.7 Å². The van der Waals surface area contributed by atoms with Crippen LogP contribution in [0.5, 0.6) is 0 Å². The van der Waals surface area contributed by atoms with Crippen LogP contribution in [0.4, 0.5) is 0 Å². The van der Waals surface area contributed by atoms with Crippen LogP contribution in [0.2, 0.25) is 0 Å². The number of carbonyl (C=O) groups excluding carboxylic acids is 5. The predicted octanol–water partition coefficient (Wildman–Crippen LogP) is -0.983. The van der Waals surface area contributed by atoms with E-state index in [1.54, 1.807) is 4.90 Å². The number of esters is 1. The van der Waals surface area contributed by atoms with E-state index >= 15 is 0 Å². The van der Waals surface area contributed by atoms with Gasteiger partial charge in [-0.2, -0.15) is 0 Å². The van der Waals surface area contributed by atoms with Crippen molar-refractivity contribution in [3.63, 3.8) is 0 Å². The molecule has 4 aliphatic rings. The summed E-state index contributed by atoms with van der Waals surface area (Å²) >= 11 is 0. The van der Waals surface area contributed by atoms with E-state index in [4.69, 9.17) is 35.2 Å². The van der Waals surface area contributed by atoms with Gasteiger partial charge < -0.3 is 66.2 Å². The Labute approximate surface area is 309 Å². The summed E-state index contributed by atoms with van der Waals surface area (Å²) < 4.78 is 29.3. The molecule has 298 valence electrons. The molecule has 0 aromatic rings. The number of nitrogens with two attached hydrogens (primary N) is 2. The van der Waals surface area contributed by atoms with Gasteiger partial charge in [-0.25, -0.2) is 0 Å². The van der Waals surface area contributed by atoms with Crippen LogP contribution >= 0.6 is 0 Å². The molecule has 18 nitrogen and oxygen atoms in total. The third-order valence-corrected chi connectivity index (χ3v) is 9.70. The number of carbonyl (C=O) groups is 5. The van der Waals surface area contributed by atoms with Crippen LogP contribution < -0.4 is 27.4 Å². The molecular weight excluding hydrogens is 696 g/mol. The minimum Gasteiger partial charge on any atom is -0.456 e. The van der Waals surface area contributed by atoms with Gasteiger partial charge in [0, 0.05) is 31.8 Å². The van der Waals surface area contributed by atoms with E-state index in [1.807, 2.05) is 6.92 Å². The molecule has 4 heterocycles. The van der Waals surface area contributed by atoms with Crippen molar-refractivity contribution in [2.75, 3.05) is 20.3 Å². The van der Waals surface area contributed by atoms with E-state index in [1.165, 1.54) is 19.4 Å². The second kappa shape index (κ2) is 20.6. The van der Waals surface area contributed by atoms with E-state index in [2.05, 4.69) is 16.0 Å². The number of hydrogen-bond donors (Lipinski definition) is 7. The van der Waals surface area contributed by atoms with Gasteiger partial charge in [0.05, 0.1) is 6.67 Å². The summed E-state index contributed by atoms with van der Waals surface area (Å²) in [5, 5.41) is 29.5. The average Bonchev–Trinajstić information content (AvgIpc) is 3.39. The first-order chi connectivity index (χ1) is 25.4. The van der Waals surface area contributed by atoms with Gasteiger partial charge in [0.15, 0.2) is 24.2 Å². The lowest BCUT2D eigenvalue weighted by Gasteiger charge is -2.35. The van der Waals surface area contributed by atoms with Crippen molar-refractivity contribution in [2.24, 2.45) is 11.5 Å². The maximum Gasteiger partial charge on any atom is 0.306 e. The van der Waals surface area contributed by atoms with Crippen LogP contribution in [0.1, 0.15) is 84.0 Å². The maximum atomic E-state index is 13.2. The monoisotopic (exact) mass is 752 g/mol. The summed E-state index contributed by atoms with van der Waals surface area (Å²) in [4.78, 5) is 65.3. The number of aliphatic hydroxyl groups is 2. The average molecular weight is 753 g/mol. The molecule has 0 aromatic carbocycles. The molecule has 0 saturated carbocycles. The van der Waals surface area contributed by atoms with E-state index in [0.29, 0.717) is 25.8 Å². The van der Waals surface area contributed by atoms with Crippen molar-refractivity contribution in [1.29, 1.82) is 0 Å². The number of hydrogen-bond acceptors (Lipinski definition) is 14. The highest BCUT2D eigenvalue weighted by Gasteiger charge is 2.55. The minimum absolute atomic E-state index is 0.0254. The van der Waals surface area contributed by atoms with Crippen molar-refractivity contribution < 1.29 is 57.9 Å². The van der Waals surface area contributed by atoms with Crippen molar-refractivity contribution in [1.82, 2.24) is 20.9 Å². The number of unbranched alkanes of at least 4 members (excludes halogenated alkanes) is 7. The normalized spacial score (nSPS) is 30.7. The molecule has 0 aliphatic carbocycles. The number of rotatable bonds is 19. The lowest BCUT2D eigenvalue weighted by atomic mass is 10.0. The smallest absolute Gasteiger partial charge is 0.306 e. The topological polar surface area (TPSA) is 263 Å². The second-order valence-electron chi connectivity index (χ2n) is 13.9. The van der Waals surface area contributed by atoms with E-state index in [0.717, 1.165) is 57.4 Å². The van der Waals surface area contributed by atoms with E-state index in [9.17, 15) is 34.2 Å². The van der Waals surface area contributed by atoms with Gasteiger partial charge in [0.2, 0.25) is 24.0 Å². The van der Waals surface area contributed by atoms with Gasteiger partial charge in [0.25, 0.3) is 5.91 Å². The molecular formula is C35H56N6O12. The summed E-state index contributed by atoms with van der Waals surface area (Å²) in [6.45, 7) is 2.53. The summed E-state index contributed by atoms with van der Waals surface area (Å²) in [6.07, 6.45) is 1.67. The van der Waals surface area contributed by atoms with Crippen LogP contribution in [0.15, 0.2) is 24.1 Å². The number of aliphatic hydroxyl groups excluding tert-OH is 2. The Morgan fingerprint density at radius 1 is 1.06 bits per heavy atom. The standard InChI is InChI=1S/C35H56N6O12/c1-20-12-11-13-21(32(47)39-20)40-33(48)23-18-22(42)26(45)35(50-23)53-29(31(37)46)28-27(49-2)30(34(52-28)41-17-15-24(43)38-19-41)51-25(44)14-9-7-5-3-4-6-8-10-16-36/h15,17-18,20-22,26-30,34-35,42,45H,3-14,16,19,36H2,1-2H3,(H2,37,46)(H,38,43)(H,39,47)(H,40,48)/t20-,21?,22+,26+,27-,28+,29-,30-,34-,35-/m1/s1. The highest BCUT2D eigenvalue weighted by Crippen LogP contribution is 2.34. The van der Waals surface area contributed by atoms with E-state index in [-0.39, 0.29) is 30.9 Å². The van der Waals surface area contributed by atoms with Crippen molar-refractivity contribution >= 4 is 29.6 Å². The summed E-state index contributed by atoms with van der Waals surface area (Å²) in [5.74, 6) is -3.64. The third-order valence-electron chi connectivity index (χ3n) is 9.70. The minimum atomic E-state index is -1.81. The molecule has 4 rings (SSSR count). The molecule has 10 atom stereocenters. The highest BCUT2D eigenvalue weighted by molar-refractivity contribution is 5.95. The first-order valence-corrected chi connectivity index (χ1v) is 18.5.